The zero-order valence-electron chi connectivity index (χ0n) is 14.8. The highest BCUT2D eigenvalue weighted by Gasteiger charge is 2.43. The Labute approximate surface area is 159 Å². The number of ether oxygens (including phenoxy) is 1. The van der Waals surface area contributed by atoms with Crippen LogP contribution in [0, 0.1) is 0 Å². The zero-order chi connectivity index (χ0) is 17.8. The van der Waals surface area contributed by atoms with Gasteiger partial charge in [0.2, 0.25) is 5.91 Å². The van der Waals surface area contributed by atoms with Crippen LogP contribution in [-0.4, -0.2) is 39.7 Å². The molecule has 3 heterocycles. The van der Waals surface area contributed by atoms with Crippen molar-refractivity contribution < 1.29 is 9.53 Å². The van der Waals surface area contributed by atoms with Crippen LogP contribution >= 0.6 is 11.8 Å². The molecule has 2 aliphatic rings. The fraction of sp³-hybridized carbons (Fsp3) is 0.429. The molecule has 2 unspecified atom stereocenters. The average molecular weight is 369 g/mol. The maximum Gasteiger partial charge on any atom is 0.233 e. The molecule has 0 aliphatic carbocycles. The minimum atomic E-state index is 0.192. The molecule has 0 radical (unpaired) electrons. The normalized spacial score (nSPS) is 24.5. The van der Waals surface area contributed by atoms with Crippen LogP contribution in [0.5, 0.6) is 5.75 Å². The first-order valence-corrected chi connectivity index (χ1v) is 10.4. The van der Waals surface area contributed by atoms with Gasteiger partial charge in [-0.05, 0) is 30.5 Å². The maximum atomic E-state index is 12.8. The highest BCUT2D eigenvalue weighted by Crippen LogP contribution is 2.37. The summed E-state index contributed by atoms with van der Waals surface area (Å²) in [7, 11) is 0. The van der Waals surface area contributed by atoms with Gasteiger partial charge in [0.15, 0.2) is 0 Å². The van der Waals surface area contributed by atoms with Crippen LogP contribution in [0.3, 0.4) is 0 Å². The number of nitrogens with zero attached hydrogens (tertiary/aromatic N) is 2. The molecule has 2 aliphatic heterocycles. The maximum absolute atomic E-state index is 12.8. The van der Waals surface area contributed by atoms with Crippen molar-refractivity contribution >= 4 is 17.7 Å². The number of aromatic nitrogens is 1. The Kier molecular flexibility index (Phi) is 5.44. The highest BCUT2D eigenvalue weighted by atomic mass is 32.2. The van der Waals surface area contributed by atoms with Crippen molar-refractivity contribution in [2.45, 2.75) is 49.6 Å². The summed E-state index contributed by atoms with van der Waals surface area (Å²) in [5.41, 5.74) is 1.27. The Balaban J connectivity index is 1.29. The van der Waals surface area contributed by atoms with E-state index in [9.17, 15) is 4.79 Å². The summed E-state index contributed by atoms with van der Waals surface area (Å²) in [5.74, 6) is 2.58. The van der Waals surface area contributed by atoms with E-state index >= 15 is 0 Å². The van der Waals surface area contributed by atoms with Gasteiger partial charge >= 0.3 is 0 Å². The molecule has 0 N–H and O–H groups in total. The van der Waals surface area contributed by atoms with Crippen molar-refractivity contribution in [3.05, 3.63) is 60.4 Å². The van der Waals surface area contributed by atoms with Crippen LogP contribution in [0.15, 0.2) is 54.9 Å². The molecule has 26 heavy (non-hydrogen) atoms. The van der Waals surface area contributed by atoms with Crippen LogP contribution in [0.2, 0.25) is 0 Å². The first kappa shape index (κ1) is 17.4. The average Bonchev–Trinajstić information content (AvgIpc) is 2.94. The van der Waals surface area contributed by atoms with Crippen molar-refractivity contribution in [2.24, 2.45) is 0 Å². The van der Waals surface area contributed by atoms with Gasteiger partial charge in [0.05, 0.1) is 11.9 Å². The van der Waals surface area contributed by atoms with Crippen LogP contribution in [0.4, 0.5) is 0 Å². The van der Waals surface area contributed by atoms with Gasteiger partial charge in [0, 0.05) is 36.9 Å². The Morgan fingerprint density at radius 3 is 2.58 bits per heavy atom. The quantitative estimate of drug-likeness (QED) is 0.775. The Morgan fingerprint density at radius 2 is 1.88 bits per heavy atom. The molecule has 5 heteroatoms. The second kappa shape index (κ2) is 8.12. The van der Waals surface area contributed by atoms with Gasteiger partial charge in [0.25, 0.3) is 0 Å². The molecule has 2 atom stereocenters. The number of pyridine rings is 1. The third kappa shape index (κ3) is 4.04. The van der Waals surface area contributed by atoms with Gasteiger partial charge in [0.1, 0.15) is 11.9 Å². The van der Waals surface area contributed by atoms with Crippen LogP contribution < -0.4 is 4.74 Å². The lowest BCUT2D eigenvalue weighted by atomic mass is 9.99. The molecule has 0 saturated carbocycles. The van der Waals surface area contributed by atoms with E-state index in [1.54, 1.807) is 24.2 Å². The Bertz CT molecular complexity index is 711. The smallest absolute Gasteiger partial charge is 0.233 e. The third-order valence-electron chi connectivity index (χ3n) is 5.25. The number of amides is 1. The molecule has 136 valence electrons. The molecule has 2 fully saturated rings. The van der Waals surface area contributed by atoms with Gasteiger partial charge in [-0.25, -0.2) is 0 Å². The van der Waals surface area contributed by atoms with E-state index in [0.717, 1.165) is 37.2 Å². The summed E-state index contributed by atoms with van der Waals surface area (Å²) in [6.07, 6.45) is 7.78. The molecule has 1 aromatic heterocycles. The Hall–Kier alpha value is -2.01. The lowest BCUT2D eigenvalue weighted by Crippen LogP contribution is -2.49. The molecule has 2 bridgehead atoms. The summed E-state index contributed by atoms with van der Waals surface area (Å²) in [6.45, 7) is 0. The van der Waals surface area contributed by atoms with E-state index in [1.807, 2.05) is 30.3 Å². The predicted molar refractivity (Wildman–Crippen MR) is 104 cm³/mol. The number of hydrogen-bond acceptors (Lipinski definition) is 4. The van der Waals surface area contributed by atoms with E-state index < -0.39 is 0 Å². The van der Waals surface area contributed by atoms with Crippen molar-refractivity contribution in [3.8, 4) is 5.75 Å². The molecule has 2 saturated heterocycles. The van der Waals surface area contributed by atoms with Gasteiger partial charge in [-0.3, -0.25) is 9.78 Å². The van der Waals surface area contributed by atoms with Crippen LogP contribution in [-0.2, 0) is 10.5 Å². The number of carbonyl (C=O) groups excluding carboxylic acids is 1. The second-order valence-electron chi connectivity index (χ2n) is 7.06. The molecular weight excluding hydrogens is 344 g/mol. The van der Waals surface area contributed by atoms with Crippen molar-refractivity contribution in [1.82, 2.24) is 9.88 Å². The Morgan fingerprint density at radius 1 is 1.12 bits per heavy atom. The predicted octanol–water partition coefficient (Wildman–Crippen LogP) is 3.92. The van der Waals surface area contributed by atoms with Gasteiger partial charge in [-0.2, -0.15) is 0 Å². The molecule has 4 rings (SSSR count). The first-order chi connectivity index (χ1) is 12.8. The van der Waals surface area contributed by atoms with Crippen molar-refractivity contribution in [1.29, 1.82) is 0 Å². The summed E-state index contributed by atoms with van der Waals surface area (Å²) in [6, 6.07) is 14.9. The number of carbonyl (C=O) groups is 1. The van der Waals surface area contributed by atoms with Crippen molar-refractivity contribution in [3.63, 3.8) is 0 Å². The topological polar surface area (TPSA) is 42.4 Å². The molecule has 1 aromatic carbocycles. The van der Waals surface area contributed by atoms with Crippen molar-refractivity contribution in [2.75, 3.05) is 5.75 Å². The van der Waals surface area contributed by atoms with Crippen LogP contribution in [0.1, 0.15) is 31.2 Å². The van der Waals surface area contributed by atoms with E-state index in [4.69, 9.17) is 4.74 Å². The van der Waals surface area contributed by atoms with Gasteiger partial charge in [-0.15, -0.1) is 11.8 Å². The minimum Gasteiger partial charge on any atom is -0.489 e. The summed E-state index contributed by atoms with van der Waals surface area (Å²) in [5, 5.41) is 0. The summed E-state index contributed by atoms with van der Waals surface area (Å²) >= 11 is 1.71. The number of hydrogen-bond donors (Lipinski definition) is 0. The number of rotatable bonds is 6. The third-order valence-corrected chi connectivity index (χ3v) is 6.24. The van der Waals surface area contributed by atoms with Gasteiger partial charge < -0.3 is 9.64 Å². The van der Waals surface area contributed by atoms with E-state index in [0.29, 0.717) is 23.7 Å². The lowest BCUT2D eigenvalue weighted by Gasteiger charge is -2.39. The van der Waals surface area contributed by atoms with E-state index in [-0.39, 0.29) is 6.10 Å². The molecule has 2 aromatic rings. The van der Waals surface area contributed by atoms with E-state index in [2.05, 4.69) is 22.0 Å². The number of fused-ring (bicyclic) bond motifs is 2. The standard InChI is InChI=1S/C21H24N2O2S/c24-21(15-26-14-16-5-2-1-3-6-16)23-17-8-9-18(23)12-20(11-17)25-19-7-4-10-22-13-19/h1-7,10,13,17-18,20H,8-9,11-12,14-15H2. The lowest BCUT2D eigenvalue weighted by molar-refractivity contribution is -0.134. The number of thioether (sulfide) groups is 1. The fourth-order valence-corrected chi connectivity index (χ4v) is 5.00. The summed E-state index contributed by atoms with van der Waals surface area (Å²) in [4.78, 5) is 19.0. The monoisotopic (exact) mass is 368 g/mol. The number of piperidine rings is 1. The van der Waals surface area contributed by atoms with Gasteiger partial charge in [-0.1, -0.05) is 30.3 Å². The van der Waals surface area contributed by atoms with Crippen LogP contribution in [0.25, 0.3) is 0 Å². The molecule has 4 nitrogen and oxygen atoms in total. The zero-order valence-corrected chi connectivity index (χ0v) is 15.6. The largest absolute Gasteiger partial charge is 0.489 e. The molecule has 1 amide bonds. The minimum absolute atomic E-state index is 0.192. The summed E-state index contributed by atoms with van der Waals surface area (Å²) < 4.78 is 6.10. The second-order valence-corrected chi connectivity index (χ2v) is 8.05. The number of benzene rings is 1. The molecular formula is C21H24N2O2S. The molecule has 0 spiro atoms. The SMILES string of the molecule is O=C(CSCc1ccccc1)N1C2CCC1CC(Oc1cccnc1)C2. The fourth-order valence-electron chi connectivity index (χ4n) is 4.14. The highest BCUT2D eigenvalue weighted by molar-refractivity contribution is 7.99. The van der Waals surface area contributed by atoms with E-state index in [1.165, 1.54) is 5.56 Å². The first-order valence-electron chi connectivity index (χ1n) is 9.29.